The SMILES string of the molecule is CC(C)CC(c1ccc(C(N)=O)nc1)n1ncc2cc(-c3ccc(C(C)(C)C)cc3)ccc21.CCC(=O)O. The summed E-state index contributed by atoms with van der Waals surface area (Å²) in [5.74, 6) is -0.801. The molecule has 1 atom stereocenters. The molecule has 4 aromatic rings. The predicted octanol–water partition coefficient (Wildman–Crippen LogP) is 6.61. The van der Waals surface area contributed by atoms with Crippen LogP contribution in [0.25, 0.3) is 22.0 Å². The first-order valence-electron chi connectivity index (χ1n) is 13.0. The van der Waals surface area contributed by atoms with Crippen molar-refractivity contribution in [2.24, 2.45) is 11.7 Å². The van der Waals surface area contributed by atoms with E-state index in [1.54, 1.807) is 19.2 Å². The topological polar surface area (TPSA) is 111 Å². The summed E-state index contributed by atoms with van der Waals surface area (Å²) in [5.41, 5.74) is 11.6. The zero-order valence-corrected chi connectivity index (χ0v) is 23.1. The third-order valence-electron chi connectivity index (χ3n) is 6.40. The fourth-order valence-corrected chi connectivity index (χ4v) is 4.22. The maximum atomic E-state index is 11.4. The molecule has 0 aliphatic rings. The Labute approximate surface area is 224 Å². The number of benzene rings is 2. The number of fused-ring (bicyclic) bond motifs is 1. The van der Waals surface area contributed by atoms with E-state index in [-0.39, 0.29) is 23.6 Å². The van der Waals surface area contributed by atoms with Gasteiger partial charge >= 0.3 is 5.97 Å². The van der Waals surface area contributed by atoms with Crippen molar-refractivity contribution in [3.8, 4) is 11.1 Å². The largest absolute Gasteiger partial charge is 0.481 e. The number of primary amides is 1. The van der Waals surface area contributed by atoms with E-state index in [4.69, 9.17) is 15.9 Å². The molecular weight excluding hydrogens is 476 g/mol. The summed E-state index contributed by atoms with van der Waals surface area (Å²) in [6, 6.07) is 19.0. The number of amides is 1. The molecule has 0 aliphatic heterocycles. The Kier molecular flexibility index (Phi) is 9.04. The highest BCUT2D eigenvalue weighted by molar-refractivity contribution is 5.90. The lowest BCUT2D eigenvalue weighted by Crippen LogP contribution is -2.17. The molecule has 7 nitrogen and oxygen atoms in total. The van der Waals surface area contributed by atoms with E-state index in [2.05, 4.69) is 86.7 Å². The molecule has 7 heteroatoms. The van der Waals surface area contributed by atoms with Crippen LogP contribution < -0.4 is 5.73 Å². The number of carboxylic acid groups (broad SMARTS) is 1. The molecule has 1 amide bonds. The van der Waals surface area contributed by atoms with E-state index in [9.17, 15) is 9.59 Å². The molecule has 0 spiro atoms. The van der Waals surface area contributed by atoms with Crippen LogP contribution in [0.1, 0.15) is 82.0 Å². The lowest BCUT2D eigenvalue weighted by Gasteiger charge is -2.21. The van der Waals surface area contributed by atoms with E-state index >= 15 is 0 Å². The van der Waals surface area contributed by atoms with Gasteiger partial charge in [0.25, 0.3) is 5.91 Å². The number of nitrogens with zero attached hydrogens (tertiary/aromatic N) is 3. The second-order valence-corrected chi connectivity index (χ2v) is 10.9. The zero-order valence-electron chi connectivity index (χ0n) is 23.1. The number of hydrogen-bond donors (Lipinski definition) is 2. The molecule has 2 aromatic heterocycles. The zero-order chi connectivity index (χ0) is 28.0. The highest BCUT2D eigenvalue weighted by Gasteiger charge is 2.20. The van der Waals surface area contributed by atoms with Gasteiger partial charge in [0.2, 0.25) is 0 Å². The number of nitrogens with two attached hydrogens (primary N) is 1. The molecule has 200 valence electrons. The Morgan fingerprint density at radius 2 is 1.61 bits per heavy atom. The summed E-state index contributed by atoms with van der Waals surface area (Å²) in [7, 11) is 0. The highest BCUT2D eigenvalue weighted by atomic mass is 16.4. The Balaban J connectivity index is 0.000000732. The molecule has 0 saturated heterocycles. The summed E-state index contributed by atoms with van der Waals surface area (Å²) < 4.78 is 2.07. The molecule has 0 fully saturated rings. The quantitative estimate of drug-likeness (QED) is 0.288. The smallest absolute Gasteiger partial charge is 0.303 e. The van der Waals surface area contributed by atoms with Crippen LogP contribution in [0.15, 0.2) is 67.0 Å². The second-order valence-electron chi connectivity index (χ2n) is 10.9. The summed E-state index contributed by atoms with van der Waals surface area (Å²) in [4.78, 5) is 25.0. The van der Waals surface area contributed by atoms with E-state index in [0.29, 0.717) is 5.92 Å². The molecular formula is C31H38N4O3. The maximum Gasteiger partial charge on any atom is 0.303 e. The van der Waals surface area contributed by atoms with Crippen LogP contribution in [0.5, 0.6) is 0 Å². The number of pyridine rings is 1. The molecule has 2 heterocycles. The van der Waals surface area contributed by atoms with Crippen LogP contribution in [-0.4, -0.2) is 31.7 Å². The van der Waals surface area contributed by atoms with Crippen molar-refractivity contribution in [1.29, 1.82) is 0 Å². The molecule has 0 radical (unpaired) electrons. The van der Waals surface area contributed by atoms with Crippen molar-refractivity contribution in [2.45, 2.75) is 65.8 Å². The number of carbonyl (C=O) groups is 2. The van der Waals surface area contributed by atoms with Gasteiger partial charge in [-0.25, -0.2) is 0 Å². The van der Waals surface area contributed by atoms with E-state index in [1.807, 2.05) is 12.3 Å². The second kappa shape index (κ2) is 12.0. The molecule has 0 saturated carbocycles. The van der Waals surface area contributed by atoms with Gasteiger partial charge in [0.15, 0.2) is 0 Å². The monoisotopic (exact) mass is 514 g/mol. The Morgan fingerprint density at radius 1 is 0.974 bits per heavy atom. The van der Waals surface area contributed by atoms with Gasteiger partial charge in [0.1, 0.15) is 5.69 Å². The van der Waals surface area contributed by atoms with Gasteiger partial charge in [-0.2, -0.15) is 5.10 Å². The van der Waals surface area contributed by atoms with Crippen molar-refractivity contribution >= 4 is 22.8 Å². The number of aromatic nitrogens is 3. The van der Waals surface area contributed by atoms with Crippen molar-refractivity contribution in [1.82, 2.24) is 14.8 Å². The fourth-order valence-electron chi connectivity index (χ4n) is 4.22. The van der Waals surface area contributed by atoms with Crippen LogP contribution in [0, 0.1) is 5.92 Å². The molecule has 38 heavy (non-hydrogen) atoms. The minimum atomic E-state index is -0.745. The minimum Gasteiger partial charge on any atom is -0.481 e. The average Bonchev–Trinajstić information content (AvgIpc) is 3.30. The van der Waals surface area contributed by atoms with Gasteiger partial charge in [0.05, 0.1) is 17.8 Å². The summed E-state index contributed by atoms with van der Waals surface area (Å²) in [6.07, 6.45) is 4.80. The van der Waals surface area contributed by atoms with E-state index < -0.39 is 11.9 Å². The van der Waals surface area contributed by atoms with Gasteiger partial charge in [-0.05, 0) is 58.2 Å². The normalized spacial score (nSPS) is 12.2. The number of rotatable bonds is 7. The molecule has 3 N–H and O–H groups in total. The molecule has 0 bridgehead atoms. The van der Waals surface area contributed by atoms with Gasteiger partial charge in [0, 0.05) is 18.0 Å². The number of aliphatic carboxylic acids is 1. The average molecular weight is 515 g/mol. The first-order chi connectivity index (χ1) is 17.9. The molecule has 0 aliphatic carbocycles. The summed E-state index contributed by atoms with van der Waals surface area (Å²) in [5, 5.41) is 13.6. The lowest BCUT2D eigenvalue weighted by molar-refractivity contribution is -0.136. The van der Waals surface area contributed by atoms with Crippen molar-refractivity contribution in [3.05, 3.63) is 83.8 Å². The maximum absolute atomic E-state index is 11.4. The van der Waals surface area contributed by atoms with Crippen molar-refractivity contribution < 1.29 is 14.7 Å². The predicted molar refractivity (Wildman–Crippen MR) is 152 cm³/mol. The third-order valence-corrected chi connectivity index (χ3v) is 6.40. The van der Waals surface area contributed by atoms with Gasteiger partial charge < -0.3 is 10.8 Å². The van der Waals surface area contributed by atoms with Crippen LogP contribution in [-0.2, 0) is 10.2 Å². The van der Waals surface area contributed by atoms with E-state index in [0.717, 1.165) is 22.9 Å². The molecule has 4 rings (SSSR count). The van der Waals surface area contributed by atoms with Crippen LogP contribution in [0.3, 0.4) is 0 Å². The van der Waals surface area contributed by atoms with Crippen molar-refractivity contribution in [2.75, 3.05) is 0 Å². The Bertz CT molecular complexity index is 1380. The lowest BCUT2D eigenvalue weighted by atomic mass is 9.86. The van der Waals surface area contributed by atoms with Gasteiger partial charge in [-0.1, -0.05) is 77.9 Å². The van der Waals surface area contributed by atoms with Gasteiger partial charge in [-0.3, -0.25) is 19.3 Å². The highest BCUT2D eigenvalue weighted by Crippen LogP contribution is 2.32. The first kappa shape index (κ1) is 28.6. The molecule has 1 unspecified atom stereocenters. The summed E-state index contributed by atoms with van der Waals surface area (Å²) >= 11 is 0. The number of carbonyl (C=O) groups excluding carboxylic acids is 1. The van der Waals surface area contributed by atoms with Crippen LogP contribution in [0.2, 0.25) is 0 Å². The Morgan fingerprint density at radius 3 is 2.11 bits per heavy atom. The van der Waals surface area contributed by atoms with Crippen LogP contribution >= 0.6 is 0 Å². The molecule has 2 aromatic carbocycles. The number of carboxylic acids is 1. The van der Waals surface area contributed by atoms with Gasteiger partial charge in [-0.15, -0.1) is 0 Å². The Hall–Kier alpha value is -4.00. The fraction of sp³-hybridized carbons (Fsp3) is 0.355. The third kappa shape index (κ3) is 7.06. The number of hydrogen-bond acceptors (Lipinski definition) is 4. The van der Waals surface area contributed by atoms with E-state index in [1.165, 1.54) is 16.7 Å². The standard InChI is InChI=1S/C28H32N4O.C3H6O2/c1-18(2)14-26(21-8-12-24(27(29)33)30-16-21)32-25-13-9-20(15-22(25)17-31-32)19-6-10-23(11-7-19)28(3,4)5;1-2-3(4)5/h6-13,15-18,26H,14H2,1-5H3,(H2,29,33);2H2,1H3,(H,4,5). The van der Waals surface area contributed by atoms with Crippen molar-refractivity contribution in [3.63, 3.8) is 0 Å². The first-order valence-corrected chi connectivity index (χ1v) is 13.0. The summed E-state index contributed by atoms with van der Waals surface area (Å²) in [6.45, 7) is 12.7. The minimum absolute atomic E-state index is 0.0221. The van der Waals surface area contributed by atoms with Crippen LogP contribution in [0.4, 0.5) is 0 Å².